The van der Waals surface area contributed by atoms with Gasteiger partial charge in [-0.25, -0.2) is 4.99 Å². The van der Waals surface area contributed by atoms with Gasteiger partial charge in [0.25, 0.3) is 0 Å². The van der Waals surface area contributed by atoms with E-state index in [0.717, 1.165) is 12.5 Å². The molecule has 0 aliphatic rings. The molecular formula is C24H36F3N3O3. The molecule has 4 N–H and O–H groups in total. The van der Waals surface area contributed by atoms with Crippen LogP contribution in [0.3, 0.4) is 0 Å². The van der Waals surface area contributed by atoms with E-state index in [1.54, 1.807) is 26.0 Å². The highest BCUT2D eigenvalue weighted by atomic mass is 19.4. The molecule has 0 aromatic carbocycles. The first-order chi connectivity index (χ1) is 14.9. The minimum absolute atomic E-state index is 0. The Morgan fingerprint density at radius 2 is 1.79 bits per heavy atom. The van der Waals surface area contributed by atoms with Crippen LogP contribution in [0.25, 0.3) is 5.57 Å². The number of furan rings is 1. The lowest BCUT2D eigenvalue weighted by molar-refractivity contribution is -0.121. The molecule has 0 amide bonds. The van der Waals surface area contributed by atoms with E-state index in [9.17, 15) is 22.8 Å². The number of nitrogens with zero attached hydrogens (tertiary/aromatic N) is 1. The maximum Gasteiger partial charge on any atom is 0.418 e. The van der Waals surface area contributed by atoms with Crippen molar-refractivity contribution in [3.63, 3.8) is 0 Å². The molecule has 1 unspecified atom stereocenters. The van der Waals surface area contributed by atoms with Crippen molar-refractivity contribution in [3.8, 4) is 0 Å². The molecule has 0 saturated heterocycles. The van der Waals surface area contributed by atoms with Crippen molar-refractivity contribution in [2.75, 3.05) is 13.1 Å². The van der Waals surface area contributed by atoms with Gasteiger partial charge in [0.05, 0.1) is 30.4 Å². The van der Waals surface area contributed by atoms with Gasteiger partial charge in [-0.2, -0.15) is 13.2 Å². The van der Waals surface area contributed by atoms with Crippen molar-refractivity contribution in [2.24, 2.45) is 22.4 Å². The van der Waals surface area contributed by atoms with E-state index in [1.165, 1.54) is 32.4 Å². The van der Waals surface area contributed by atoms with Crippen LogP contribution >= 0.6 is 0 Å². The molecule has 0 spiro atoms. The van der Waals surface area contributed by atoms with Crippen LogP contribution in [0.15, 0.2) is 57.5 Å². The van der Waals surface area contributed by atoms with E-state index < -0.39 is 17.5 Å². The zero-order chi connectivity index (χ0) is 24.9. The maximum absolute atomic E-state index is 13.4. The summed E-state index contributed by atoms with van der Waals surface area (Å²) < 4.78 is 45.0. The SMILES string of the molecule is C.CC(CCN)C(=O)CN.C\C=C(/N=C(C)/C(=C\C(=C/C)c1ccoc1)C(F)(F)F)C(C)=O. The molecule has 0 bridgehead atoms. The predicted molar refractivity (Wildman–Crippen MR) is 128 cm³/mol. The molecule has 1 atom stereocenters. The number of hydrogen-bond acceptors (Lipinski definition) is 6. The van der Waals surface area contributed by atoms with Crippen LogP contribution in [0.1, 0.15) is 54.0 Å². The van der Waals surface area contributed by atoms with E-state index in [2.05, 4.69) is 4.99 Å². The van der Waals surface area contributed by atoms with Gasteiger partial charge in [-0.1, -0.05) is 26.5 Å². The first-order valence-corrected chi connectivity index (χ1v) is 10.1. The van der Waals surface area contributed by atoms with Gasteiger partial charge in [-0.15, -0.1) is 0 Å². The Bertz CT molecular complexity index is 865. The molecule has 1 rings (SSSR count). The highest BCUT2D eigenvalue weighted by Crippen LogP contribution is 2.30. The van der Waals surface area contributed by atoms with Gasteiger partial charge in [-0.05, 0) is 51.5 Å². The fraction of sp³-hybridized carbons (Fsp3) is 0.458. The molecule has 0 aliphatic carbocycles. The Kier molecular flexibility index (Phi) is 15.6. The van der Waals surface area contributed by atoms with Gasteiger partial charge in [-0.3, -0.25) is 9.59 Å². The number of halogens is 3. The van der Waals surface area contributed by atoms with Crippen molar-refractivity contribution in [3.05, 3.63) is 53.7 Å². The first-order valence-electron chi connectivity index (χ1n) is 10.1. The van der Waals surface area contributed by atoms with E-state index in [0.29, 0.717) is 17.7 Å². The molecule has 0 saturated carbocycles. The van der Waals surface area contributed by atoms with Crippen LogP contribution in [0, 0.1) is 5.92 Å². The van der Waals surface area contributed by atoms with Crippen LogP contribution < -0.4 is 11.5 Å². The van der Waals surface area contributed by atoms with Gasteiger partial charge < -0.3 is 15.9 Å². The third-order valence-corrected chi connectivity index (χ3v) is 4.43. The summed E-state index contributed by atoms with van der Waals surface area (Å²) in [6.45, 7) is 8.22. The molecular weight excluding hydrogens is 435 g/mol. The molecule has 33 heavy (non-hydrogen) atoms. The number of ketones is 2. The summed E-state index contributed by atoms with van der Waals surface area (Å²) in [5, 5.41) is 0. The second kappa shape index (κ2) is 15.9. The summed E-state index contributed by atoms with van der Waals surface area (Å²) in [4.78, 5) is 25.9. The second-order valence-corrected chi connectivity index (χ2v) is 6.89. The summed E-state index contributed by atoms with van der Waals surface area (Å²) in [5.41, 5.74) is 10.0. The molecule has 1 aromatic heterocycles. The van der Waals surface area contributed by atoms with Crippen LogP contribution in [0.5, 0.6) is 0 Å². The Morgan fingerprint density at radius 3 is 2.15 bits per heavy atom. The number of nitrogens with two attached hydrogens (primary N) is 2. The van der Waals surface area contributed by atoms with Crippen LogP contribution in [0.4, 0.5) is 13.2 Å². The average Bonchev–Trinajstić information content (AvgIpc) is 3.26. The second-order valence-electron chi connectivity index (χ2n) is 6.89. The normalized spacial score (nSPS) is 14.1. The molecule has 6 nitrogen and oxygen atoms in total. The summed E-state index contributed by atoms with van der Waals surface area (Å²) in [5.74, 6) is -0.255. The van der Waals surface area contributed by atoms with E-state index >= 15 is 0 Å². The summed E-state index contributed by atoms with van der Waals surface area (Å²) in [7, 11) is 0. The fourth-order valence-electron chi connectivity index (χ4n) is 2.51. The van der Waals surface area contributed by atoms with Crippen molar-refractivity contribution < 1.29 is 27.2 Å². The van der Waals surface area contributed by atoms with Crippen molar-refractivity contribution in [1.29, 1.82) is 0 Å². The zero-order valence-corrected chi connectivity index (χ0v) is 19.1. The van der Waals surface area contributed by atoms with E-state index in [-0.39, 0.29) is 37.1 Å². The Balaban J connectivity index is 0. The lowest BCUT2D eigenvalue weighted by Crippen LogP contribution is -2.22. The van der Waals surface area contributed by atoms with Crippen LogP contribution in [-0.4, -0.2) is 36.5 Å². The smallest absolute Gasteiger partial charge is 0.418 e. The summed E-state index contributed by atoms with van der Waals surface area (Å²) >= 11 is 0. The van der Waals surface area contributed by atoms with Gasteiger partial charge in [0.2, 0.25) is 0 Å². The van der Waals surface area contributed by atoms with Gasteiger partial charge in [0.15, 0.2) is 5.78 Å². The quantitative estimate of drug-likeness (QED) is 0.290. The number of Topliss-reactive ketones (excluding diaryl/α,β-unsaturated/α-hetero) is 2. The maximum atomic E-state index is 13.4. The average molecular weight is 472 g/mol. The Hall–Kier alpha value is -2.78. The van der Waals surface area contributed by atoms with Crippen LogP contribution in [0.2, 0.25) is 0 Å². The van der Waals surface area contributed by atoms with Crippen molar-refractivity contribution in [2.45, 2.75) is 54.6 Å². The molecule has 9 heteroatoms. The van der Waals surface area contributed by atoms with Crippen LogP contribution in [-0.2, 0) is 9.59 Å². The summed E-state index contributed by atoms with van der Waals surface area (Å²) in [6.07, 6.45) is 2.82. The highest BCUT2D eigenvalue weighted by molar-refractivity contribution is 6.05. The molecule has 1 heterocycles. The number of carbonyl (C=O) groups excluding carboxylic acids is 2. The molecule has 0 aliphatic heterocycles. The summed E-state index contributed by atoms with van der Waals surface area (Å²) in [6, 6.07) is 1.57. The first kappa shape index (κ1) is 32.4. The minimum atomic E-state index is -4.60. The fourth-order valence-corrected chi connectivity index (χ4v) is 2.51. The molecule has 0 fully saturated rings. The van der Waals surface area contributed by atoms with Gasteiger partial charge >= 0.3 is 6.18 Å². The minimum Gasteiger partial charge on any atom is -0.472 e. The monoisotopic (exact) mass is 471 g/mol. The third kappa shape index (κ3) is 11.6. The number of rotatable bonds is 9. The number of allylic oxidation sites excluding steroid dienone is 6. The number of hydrogen-bond donors (Lipinski definition) is 2. The number of aliphatic imine (C=N–C) groups is 1. The molecule has 1 aromatic rings. The zero-order valence-electron chi connectivity index (χ0n) is 19.1. The standard InChI is InChI=1S/C17H18F3NO2.C6H14N2O.CH4/c1-5-13(14-7-8-23-10-14)9-15(17(18,19)20)11(3)21-16(6-2)12(4)22;1-5(2-3-7)6(9)4-8;/h5-10H,1-4H3;5H,2-4,7-8H2,1H3;1H4/b13-5+,15-9+,16-6-,21-11+;;. The van der Waals surface area contributed by atoms with E-state index in [1.807, 2.05) is 6.92 Å². The van der Waals surface area contributed by atoms with Gasteiger partial charge in [0.1, 0.15) is 11.5 Å². The Labute approximate surface area is 194 Å². The van der Waals surface area contributed by atoms with Gasteiger partial charge in [0, 0.05) is 18.4 Å². The number of alkyl halides is 3. The number of carbonyl (C=O) groups is 2. The third-order valence-electron chi connectivity index (χ3n) is 4.43. The van der Waals surface area contributed by atoms with E-state index in [4.69, 9.17) is 15.9 Å². The van der Waals surface area contributed by atoms with Crippen molar-refractivity contribution in [1.82, 2.24) is 0 Å². The lowest BCUT2D eigenvalue weighted by atomic mass is 10.0. The van der Waals surface area contributed by atoms with Crippen molar-refractivity contribution >= 4 is 22.9 Å². The lowest BCUT2D eigenvalue weighted by Gasteiger charge is -2.13. The molecule has 0 radical (unpaired) electrons. The molecule has 186 valence electrons. The topological polar surface area (TPSA) is 112 Å². The highest BCUT2D eigenvalue weighted by Gasteiger charge is 2.35. The largest absolute Gasteiger partial charge is 0.472 e. The Morgan fingerprint density at radius 1 is 1.18 bits per heavy atom. The predicted octanol–water partition coefficient (Wildman–Crippen LogP) is 5.26.